The maximum atomic E-state index is 14.4. The van der Waals surface area contributed by atoms with Crippen LogP contribution in [0.1, 0.15) is 30.0 Å². The highest BCUT2D eigenvalue weighted by Crippen LogP contribution is 2.38. The van der Waals surface area contributed by atoms with E-state index in [0.717, 1.165) is 30.7 Å². The largest absolute Gasteiger partial charge is 0.363 e. The van der Waals surface area contributed by atoms with Crippen molar-refractivity contribution in [3.8, 4) is 17.3 Å². The number of halogens is 3. The fourth-order valence-corrected chi connectivity index (χ4v) is 4.29. The highest BCUT2D eigenvalue weighted by atomic mass is 19.1. The summed E-state index contributed by atoms with van der Waals surface area (Å²) in [4.78, 5) is 6.44. The van der Waals surface area contributed by atoms with Crippen molar-refractivity contribution < 1.29 is 13.2 Å². The van der Waals surface area contributed by atoms with Gasteiger partial charge in [-0.05, 0) is 55.3 Å². The molecule has 1 fully saturated rings. The summed E-state index contributed by atoms with van der Waals surface area (Å²) in [5, 5.41) is 8.96. The minimum absolute atomic E-state index is 0.0183. The zero-order valence-corrected chi connectivity index (χ0v) is 16.4. The molecule has 1 unspecified atom stereocenters. The second-order valence-electron chi connectivity index (χ2n) is 7.58. The van der Waals surface area contributed by atoms with Gasteiger partial charge in [0.15, 0.2) is 0 Å². The van der Waals surface area contributed by atoms with Crippen molar-refractivity contribution in [2.24, 2.45) is 0 Å². The fourth-order valence-electron chi connectivity index (χ4n) is 4.29. The van der Waals surface area contributed by atoms with Gasteiger partial charge in [0.2, 0.25) is 0 Å². The van der Waals surface area contributed by atoms with Crippen molar-refractivity contribution in [3.63, 3.8) is 0 Å². The summed E-state index contributed by atoms with van der Waals surface area (Å²) >= 11 is 0. The van der Waals surface area contributed by atoms with Gasteiger partial charge in [-0.3, -0.25) is 4.40 Å². The molecule has 31 heavy (non-hydrogen) atoms. The first-order valence-electron chi connectivity index (χ1n) is 9.94. The van der Waals surface area contributed by atoms with Gasteiger partial charge in [-0.1, -0.05) is 6.07 Å². The molecule has 0 radical (unpaired) electrons. The molecule has 4 aromatic rings. The van der Waals surface area contributed by atoms with Crippen molar-refractivity contribution in [1.29, 1.82) is 5.26 Å². The van der Waals surface area contributed by atoms with Gasteiger partial charge in [0.05, 0.1) is 29.2 Å². The van der Waals surface area contributed by atoms with Gasteiger partial charge in [0.25, 0.3) is 0 Å². The van der Waals surface area contributed by atoms with Crippen molar-refractivity contribution >= 4 is 11.3 Å². The van der Waals surface area contributed by atoms with Crippen LogP contribution in [0.4, 0.5) is 18.9 Å². The lowest BCUT2D eigenvalue weighted by atomic mass is 10.0. The van der Waals surface area contributed by atoms with Gasteiger partial charge in [-0.2, -0.15) is 5.26 Å². The average Bonchev–Trinajstić information content (AvgIpc) is 3.42. The molecule has 0 amide bonds. The zero-order chi connectivity index (χ0) is 21.5. The van der Waals surface area contributed by atoms with E-state index in [-0.39, 0.29) is 11.6 Å². The summed E-state index contributed by atoms with van der Waals surface area (Å²) < 4.78 is 44.2. The highest BCUT2D eigenvalue weighted by molar-refractivity contribution is 5.67. The lowest BCUT2D eigenvalue weighted by Gasteiger charge is -2.27. The first kappa shape index (κ1) is 19.2. The molecule has 0 N–H and O–H groups in total. The normalized spacial score (nSPS) is 16.1. The Hall–Kier alpha value is -3.79. The maximum absolute atomic E-state index is 14.4. The van der Waals surface area contributed by atoms with Gasteiger partial charge in [0, 0.05) is 23.9 Å². The lowest BCUT2D eigenvalue weighted by molar-refractivity contribution is 0.561. The summed E-state index contributed by atoms with van der Waals surface area (Å²) in [5.74, 6) is -1.47. The van der Waals surface area contributed by atoms with Crippen LogP contribution in [-0.2, 0) is 0 Å². The molecule has 0 aliphatic carbocycles. The number of hydrogen-bond donors (Lipinski definition) is 0. The molecular formula is C24H17F3N4. The molecule has 7 heteroatoms. The molecular weight excluding hydrogens is 401 g/mol. The van der Waals surface area contributed by atoms with Gasteiger partial charge in [0.1, 0.15) is 29.2 Å². The molecule has 1 saturated heterocycles. The van der Waals surface area contributed by atoms with Gasteiger partial charge < -0.3 is 4.90 Å². The van der Waals surface area contributed by atoms with E-state index in [0.29, 0.717) is 29.0 Å². The number of hydrogen-bond acceptors (Lipinski definition) is 3. The molecule has 0 bridgehead atoms. The Balaban J connectivity index is 1.57. The fraction of sp³-hybridized carbons (Fsp3) is 0.167. The monoisotopic (exact) mass is 418 g/mol. The maximum Gasteiger partial charge on any atom is 0.141 e. The molecule has 154 valence electrons. The third-order valence-corrected chi connectivity index (χ3v) is 5.78. The van der Waals surface area contributed by atoms with Crippen LogP contribution in [-0.4, -0.2) is 15.9 Å². The molecule has 3 heterocycles. The molecule has 5 rings (SSSR count). The number of anilines is 1. The van der Waals surface area contributed by atoms with E-state index in [9.17, 15) is 13.2 Å². The van der Waals surface area contributed by atoms with E-state index >= 15 is 0 Å². The topological polar surface area (TPSA) is 44.3 Å². The Morgan fingerprint density at radius 2 is 1.87 bits per heavy atom. The Bertz CT molecular complexity index is 1340. The highest BCUT2D eigenvalue weighted by Gasteiger charge is 2.29. The minimum atomic E-state index is -0.590. The first-order valence-corrected chi connectivity index (χ1v) is 9.94. The number of imidazole rings is 1. The van der Waals surface area contributed by atoms with E-state index in [2.05, 4.69) is 9.88 Å². The predicted molar refractivity (Wildman–Crippen MR) is 111 cm³/mol. The quantitative estimate of drug-likeness (QED) is 0.433. The van der Waals surface area contributed by atoms with Crippen LogP contribution in [0, 0.1) is 28.8 Å². The second-order valence-corrected chi connectivity index (χ2v) is 7.58. The third kappa shape index (κ3) is 3.30. The van der Waals surface area contributed by atoms with Crippen LogP contribution in [0.3, 0.4) is 0 Å². The van der Waals surface area contributed by atoms with Gasteiger partial charge in [-0.15, -0.1) is 0 Å². The number of nitrogens with zero attached hydrogens (tertiary/aromatic N) is 4. The van der Waals surface area contributed by atoms with Crippen molar-refractivity contribution in [1.82, 2.24) is 9.38 Å². The standard InChI is InChI=1S/C24H17F3N4/c25-17-5-7-20(26)19(11-17)22-2-1-9-30(22)18-6-8-24-29-13-23(31(24)14-18)15-3-4-16(12-28)21(27)10-15/h3-8,10-11,13-14,22H,1-2,9H2. The molecule has 0 saturated carbocycles. The Morgan fingerprint density at radius 1 is 1.00 bits per heavy atom. The summed E-state index contributed by atoms with van der Waals surface area (Å²) in [6.07, 6.45) is 5.10. The Morgan fingerprint density at radius 3 is 2.68 bits per heavy atom. The van der Waals surface area contributed by atoms with E-state index in [4.69, 9.17) is 5.26 Å². The molecule has 1 aliphatic heterocycles. The van der Waals surface area contributed by atoms with E-state index < -0.39 is 17.5 Å². The SMILES string of the molecule is N#Cc1ccc(-c2cnc3ccc(N4CCCC4c4cc(F)ccc4F)cn23)cc1F. The van der Waals surface area contributed by atoms with Gasteiger partial charge in [-0.25, -0.2) is 18.2 Å². The smallest absolute Gasteiger partial charge is 0.141 e. The zero-order valence-electron chi connectivity index (χ0n) is 16.4. The number of aromatic nitrogens is 2. The van der Waals surface area contributed by atoms with Crippen LogP contribution in [0.2, 0.25) is 0 Å². The van der Waals surface area contributed by atoms with Crippen LogP contribution < -0.4 is 4.90 Å². The summed E-state index contributed by atoms with van der Waals surface area (Å²) in [7, 11) is 0. The van der Waals surface area contributed by atoms with E-state index in [1.807, 2.05) is 28.8 Å². The Labute approximate surface area is 176 Å². The average molecular weight is 418 g/mol. The lowest BCUT2D eigenvalue weighted by Crippen LogP contribution is -2.23. The predicted octanol–water partition coefficient (Wildman–Crippen LogP) is 5.63. The number of pyridine rings is 1. The summed E-state index contributed by atoms with van der Waals surface area (Å²) in [6, 6.07) is 13.3. The third-order valence-electron chi connectivity index (χ3n) is 5.78. The molecule has 4 nitrogen and oxygen atoms in total. The number of benzene rings is 2. The summed E-state index contributed by atoms with van der Waals surface area (Å²) in [6.45, 7) is 0.710. The van der Waals surface area contributed by atoms with Crippen molar-refractivity contribution in [3.05, 3.63) is 89.5 Å². The Kier molecular flexibility index (Phi) is 4.63. The van der Waals surface area contributed by atoms with Crippen molar-refractivity contribution in [2.75, 3.05) is 11.4 Å². The molecule has 2 aromatic heterocycles. The number of rotatable bonds is 3. The van der Waals surface area contributed by atoms with Crippen molar-refractivity contribution in [2.45, 2.75) is 18.9 Å². The number of nitriles is 1. The van der Waals surface area contributed by atoms with E-state index in [1.54, 1.807) is 12.3 Å². The van der Waals surface area contributed by atoms with Crippen LogP contribution in [0.5, 0.6) is 0 Å². The molecule has 1 aliphatic rings. The minimum Gasteiger partial charge on any atom is -0.363 e. The molecule has 0 spiro atoms. The number of fused-ring (bicyclic) bond motifs is 1. The van der Waals surface area contributed by atoms with Crippen LogP contribution >= 0.6 is 0 Å². The van der Waals surface area contributed by atoms with Gasteiger partial charge >= 0.3 is 0 Å². The molecule has 1 atom stereocenters. The van der Waals surface area contributed by atoms with E-state index in [1.165, 1.54) is 18.2 Å². The summed E-state index contributed by atoms with van der Waals surface area (Å²) in [5.41, 5.74) is 3.11. The molecule has 2 aromatic carbocycles. The van der Waals surface area contributed by atoms with Crippen LogP contribution in [0.25, 0.3) is 16.9 Å². The second kappa shape index (κ2) is 7.47. The first-order chi connectivity index (χ1) is 15.0. The van der Waals surface area contributed by atoms with Crippen LogP contribution in [0.15, 0.2) is 60.9 Å².